The second-order valence-electron chi connectivity index (χ2n) is 4.60. The lowest BCUT2D eigenvalue weighted by atomic mass is 10.1. The summed E-state index contributed by atoms with van der Waals surface area (Å²) in [6.07, 6.45) is 0. The molecule has 0 aliphatic heterocycles. The number of primary amides is 1. The second-order valence-corrected chi connectivity index (χ2v) is 7.16. The van der Waals surface area contributed by atoms with Crippen LogP contribution in [0.4, 0.5) is 5.69 Å². The maximum Gasteiger partial charge on any atom is 0.261 e. The average Bonchev–Trinajstić information content (AvgIpc) is 2.36. The molecular weight excluding hydrogens is 347 g/mol. The van der Waals surface area contributed by atoms with Crippen LogP contribution >= 0.6 is 23.2 Å². The molecule has 0 aliphatic carbocycles. The van der Waals surface area contributed by atoms with E-state index >= 15 is 0 Å². The molecule has 8 heteroatoms. The number of hydrogen-bond donors (Lipinski definition) is 2. The zero-order valence-electron chi connectivity index (χ0n) is 11.4. The average molecular weight is 359 g/mol. The summed E-state index contributed by atoms with van der Waals surface area (Å²) in [7, 11) is -3.89. The number of anilines is 1. The third kappa shape index (κ3) is 3.71. The third-order valence-corrected chi connectivity index (χ3v) is 4.71. The summed E-state index contributed by atoms with van der Waals surface area (Å²) in [6, 6.07) is 8.46. The fourth-order valence-corrected chi connectivity index (χ4v) is 3.45. The summed E-state index contributed by atoms with van der Waals surface area (Å²) in [5, 5.41) is 0.596. The molecule has 0 heterocycles. The van der Waals surface area contributed by atoms with Gasteiger partial charge in [-0.05, 0) is 42.8 Å². The standard InChI is InChI=1S/C14H12Cl2N2O3S/c1-8-2-3-12(7-13(8)14(17)19)22(20,21)18-11-5-9(15)4-10(16)6-11/h2-7,18H,1H3,(H2,17,19). The Bertz CT molecular complexity index is 831. The number of halogens is 2. The topological polar surface area (TPSA) is 89.3 Å². The zero-order valence-corrected chi connectivity index (χ0v) is 13.8. The van der Waals surface area contributed by atoms with Crippen molar-refractivity contribution in [3.63, 3.8) is 0 Å². The molecule has 0 spiro atoms. The molecule has 2 aromatic rings. The molecule has 0 aromatic heterocycles. The van der Waals surface area contributed by atoms with Crippen LogP contribution < -0.4 is 10.5 Å². The van der Waals surface area contributed by atoms with Crippen molar-refractivity contribution in [3.8, 4) is 0 Å². The van der Waals surface area contributed by atoms with Gasteiger partial charge in [-0.2, -0.15) is 0 Å². The number of aryl methyl sites for hydroxylation is 1. The van der Waals surface area contributed by atoms with Crippen molar-refractivity contribution in [2.24, 2.45) is 5.73 Å². The molecule has 0 radical (unpaired) electrons. The highest BCUT2D eigenvalue weighted by Gasteiger charge is 2.17. The molecule has 0 atom stereocenters. The van der Waals surface area contributed by atoms with Crippen molar-refractivity contribution in [1.29, 1.82) is 0 Å². The number of sulfonamides is 1. The van der Waals surface area contributed by atoms with Crippen molar-refractivity contribution in [2.75, 3.05) is 4.72 Å². The highest BCUT2D eigenvalue weighted by atomic mass is 35.5. The normalized spacial score (nSPS) is 11.2. The predicted octanol–water partition coefficient (Wildman–Crippen LogP) is 3.20. The monoisotopic (exact) mass is 358 g/mol. The van der Waals surface area contributed by atoms with Crippen LogP contribution in [0.1, 0.15) is 15.9 Å². The molecule has 0 saturated carbocycles. The van der Waals surface area contributed by atoms with Gasteiger partial charge in [0.15, 0.2) is 0 Å². The Labute approximate surface area is 138 Å². The van der Waals surface area contributed by atoms with Crippen molar-refractivity contribution in [3.05, 3.63) is 57.6 Å². The lowest BCUT2D eigenvalue weighted by Crippen LogP contribution is -2.17. The minimum Gasteiger partial charge on any atom is -0.366 e. The van der Waals surface area contributed by atoms with Gasteiger partial charge in [0.2, 0.25) is 5.91 Å². The van der Waals surface area contributed by atoms with E-state index < -0.39 is 15.9 Å². The Morgan fingerprint density at radius 1 is 1.09 bits per heavy atom. The summed E-state index contributed by atoms with van der Waals surface area (Å²) in [6.45, 7) is 1.67. The molecule has 0 unspecified atom stereocenters. The first-order valence-corrected chi connectivity index (χ1v) is 8.32. The molecule has 1 amide bonds. The number of benzene rings is 2. The second kappa shape index (κ2) is 6.16. The minimum atomic E-state index is -3.89. The molecular formula is C14H12Cl2N2O3S. The molecule has 0 bridgehead atoms. The Balaban J connectivity index is 2.42. The van der Waals surface area contributed by atoms with E-state index in [-0.39, 0.29) is 16.1 Å². The minimum absolute atomic E-state index is 0.0806. The van der Waals surface area contributed by atoms with E-state index in [1.54, 1.807) is 6.92 Å². The van der Waals surface area contributed by atoms with Gasteiger partial charge in [0.05, 0.1) is 10.6 Å². The Kier molecular flexibility index (Phi) is 4.65. The van der Waals surface area contributed by atoms with Crippen molar-refractivity contribution < 1.29 is 13.2 Å². The molecule has 2 rings (SSSR count). The number of hydrogen-bond acceptors (Lipinski definition) is 3. The summed E-state index contributed by atoms with van der Waals surface area (Å²) in [4.78, 5) is 11.2. The van der Waals surface area contributed by atoms with Crippen LogP contribution in [0.3, 0.4) is 0 Å². The molecule has 0 fully saturated rings. The van der Waals surface area contributed by atoms with Crippen LogP contribution in [0.2, 0.25) is 10.0 Å². The van der Waals surface area contributed by atoms with Crippen LogP contribution in [0, 0.1) is 6.92 Å². The summed E-state index contributed by atoms with van der Waals surface area (Å²) in [5.74, 6) is -0.694. The van der Waals surface area contributed by atoms with E-state index in [1.807, 2.05) is 0 Å². The first kappa shape index (κ1) is 16.6. The fourth-order valence-electron chi connectivity index (χ4n) is 1.86. The van der Waals surface area contributed by atoms with Crippen molar-refractivity contribution in [2.45, 2.75) is 11.8 Å². The summed E-state index contributed by atoms with van der Waals surface area (Å²) < 4.78 is 27.1. The lowest BCUT2D eigenvalue weighted by Gasteiger charge is -2.10. The van der Waals surface area contributed by atoms with Gasteiger partial charge in [-0.1, -0.05) is 29.3 Å². The van der Waals surface area contributed by atoms with Crippen LogP contribution in [0.15, 0.2) is 41.3 Å². The number of carbonyl (C=O) groups excluding carboxylic acids is 1. The van der Waals surface area contributed by atoms with E-state index in [1.165, 1.54) is 36.4 Å². The molecule has 116 valence electrons. The van der Waals surface area contributed by atoms with Crippen LogP contribution in [-0.4, -0.2) is 14.3 Å². The maximum atomic E-state index is 12.4. The maximum absolute atomic E-state index is 12.4. The number of amides is 1. The van der Waals surface area contributed by atoms with E-state index in [0.29, 0.717) is 15.6 Å². The van der Waals surface area contributed by atoms with Crippen molar-refractivity contribution in [1.82, 2.24) is 0 Å². The SMILES string of the molecule is Cc1ccc(S(=O)(=O)Nc2cc(Cl)cc(Cl)c2)cc1C(N)=O. The first-order valence-electron chi connectivity index (χ1n) is 6.08. The highest BCUT2D eigenvalue weighted by molar-refractivity contribution is 7.92. The molecule has 0 aliphatic rings. The van der Waals surface area contributed by atoms with E-state index in [0.717, 1.165) is 0 Å². The highest BCUT2D eigenvalue weighted by Crippen LogP contribution is 2.25. The van der Waals surface area contributed by atoms with Crippen LogP contribution in [0.25, 0.3) is 0 Å². The lowest BCUT2D eigenvalue weighted by molar-refractivity contribution is 0.0999. The molecule has 22 heavy (non-hydrogen) atoms. The fraction of sp³-hybridized carbons (Fsp3) is 0.0714. The molecule has 5 nitrogen and oxygen atoms in total. The van der Waals surface area contributed by atoms with Crippen LogP contribution in [-0.2, 0) is 10.0 Å². The van der Waals surface area contributed by atoms with E-state index in [9.17, 15) is 13.2 Å². The summed E-state index contributed by atoms with van der Waals surface area (Å²) in [5.41, 5.74) is 6.19. The smallest absolute Gasteiger partial charge is 0.261 e. The molecule has 0 saturated heterocycles. The van der Waals surface area contributed by atoms with Gasteiger partial charge in [0, 0.05) is 15.6 Å². The molecule has 3 N–H and O–H groups in total. The van der Waals surface area contributed by atoms with Gasteiger partial charge in [-0.3, -0.25) is 9.52 Å². The number of nitrogens with two attached hydrogens (primary N) is 1. The van der Waals surface area contributed by atoms with Crippen LogP contribution in [0.5, 0.6) is 0 Å². The van der Waals surface area contributed by atoms with Gasteiger partial charge in [0.1, 0.15) is 0 Å². The quantitative estimate of drug-likeness (QED) is 0.879. The van der Waals surface area contributed by atoms with Gasteiger partial charge < -0.3 is 5.73 Å². The Morgan fingerprint density at radius 2 is 1.68 bits per heavy atom. The zero-order chi connectivity index (χ0) is 16.5. The van der Waals surface area contributed by atoms with E-state index in [2.05, 4.69) is 4.72 Å². The summed E-state index contributed by atoms with van der Waals surface area (Å²) >= 11 is 11.7. The largest absolute Gasteiger partial charge is 0.366 e. The van der Waals surface area contributed by atoms with Gasteiger partial charge in [-0.25, -0.2) is 8.42 Å². The Hall–Kier alpha value is -1.76. The Morgan fingerprint density at radius 3 is 2.23 bits per heavy atom. The number of carbonyl (C=O) groups is 1. The van der Waals surface area contributed by atoms with Gasteiger partial charge in [0.25, 0.3) is 10.0 Å². The molecule has 2 aromatic carbocycles. The number of nitrogens with one attached hydrogen (secondary N) is 1. The van der Waals surface area contributed by atoms with Gasteiger partial charge in [-0.15, -0.1) is 0 Å². The third-order valence-electron chi connectivity index (χ3n) is 2.90. The predicted molar refractivity (Wildman–Crippen MR) is 87.0 cm³/mol. The number of rotatable bonds is 4. The van der Waals surface area contributed by atoms with Crippen molar-refractivity contribution >= 4 is 44.8 Å². The van der Waals surface area contributed by atoms with E-state index in [4.69, 9.17) is 28.9 Å². The first-order chi connectivity index (χ1) is 10.2. The van der Waals surface area contributed by atoms with Gasteiger partial charge >= 0.3 is 0 Å².